The number of hydrogen-bond acceptors (Lipinski definition) is 3. The second-order valence-electron chi connectivity index (χ2n) is 5.51. The highest BCUT2D eigenvalue weighted by Crippen LogP contribution is 2.32. The number of hydrogen-bond donors (Lipinski definition) is 4. The summed E-state index contributed by atoms with van der Waals surface area (Å²) >= 11 is 0. The Morgan fingerprint density at radius 3 is 2.24 bits per heavy atom. The summed E-state index contributed by atoms with van der Waals surface area (Å²) in [6.45, 7) is 0. The highest BCUT2D eigenvalue weighted by atomic mass is 16.3. The number of nitrogens with one attached hydrogen (secondary N) is 2. The Kier molecular flexibility index (Phi) is 4.48. The van der Waals surface area contributed by atoms with Crippen LogP contribution in [0.1, 0.15) is 15.9 Å². The summed E-state index contributed by atoms with van der Waals surface area (Å²) in [5, 5.41) is 20.6. The fourth-order valence-corrected chi connectivity index (χ4v) is 2.51. The van der Waals surface area contributed by atoms with Crippen LogP contribution >= 0.6 is 0 Å². The summed E-state index contributed by atoms with van der Waals surface area (Å²) in [7, 11) is 0. The highest BCUT2D eigenvalue weighted by Gasteiger charge is 2.15. The molecular weight excluding hydrogens is 314 g/mol. The first-order chi connectivity index (χ1) is 12.1. The van der Waals surface area contributed by atoms with Crippen LogP contribution in [0.3, 0.4) is 0 Å². The van der Waals surface area contributed by atoms with Crippen molar-refractivity contribution in [2.75, 3.05) is 5.32 Å². The number of rotatable bonds is 4. The predicted molar refractivity (Wildman–Crippen MR) is 99.0 cm³/mol. The van der Waals surface area contributed by atoms with Crippen LogP contribution in [-0.4, -0.2) is 16.8 Å². The summed E-state index contributed by atoms with van der Waals surface area (Å²) in [6.07, 6.45) is 0. The van der Waals surface area contributed by atoms with E-state index >= 15 is 0 Å². The lowest BCUT2D eigenvalue weighted by molar-refractivity contribution is 0.102. The van der Waals surface area contributed by atoms with E-state index in [1.165, 1.54) is 0 Å². The Morgan fingerprint density at radius 2 is 1.60 bits per heavy atom. The second-order valence-corrected chi connectivity index (χ2v) is 5.51. The lowest BCUT2D eigenvalue weighted by Crippen LogP contribution is -2.13. The molecule has 0 aliphatic rings. The number of amides is 1. The van der Waals surface area contributed by atoms with Crippen LogP contribution in [0.25, 0.3) is 11.1 Å². The van der Waals surface area contributed by atoms with Gasteiger partial charge >= 0.3 is 0 Å². The molecule has 0 aliphatic carbocycles. The van der Waals surface area contributed by atoms with Crippen LogP contribution < -0.4 is 11.1 Å². The maximum absolute atomic E-state index is 12.5. The predicted octanol–water partition coefficient (Wildman–Crippen LogP) is 3.60. The van der Waals surface area contributed by atoms with E-state index in [1.807, 2.05) is 30.3 Å². The Labute approximate surface area is 145 Å². The van der Waals surface area contributed by atoms with Gasteiger partial charge in [-0.15, -0.1) is 0 Å². The number of anilines is 1. The van der Waals surface area contributed by atoms with Gasteiger partial charge in [-0.2, -0.15) is 0 Å². The first kappa shape index (κ1) is 16.3. The minimum Gasteiger partial charge on any atom is -0.506 e. The highest BCUT2D eigenvalue weighted by molar-refractivity contribution is 6.07. The fraction of sp³-hybridized carbons (Fsp3) is 0. The number of phenolic OH excluding ortho intramolecular Hbond substituents is 1. The van der Waals surface area contributed by atoms with Gasteiger partial charge in [-0.25, -0.2) is 0 Å². The zero-order valence-electron chi connectivity index (χ0n) is 13.4. The minimum absolute atomic E-state index is 0.0360. The fourth-order valence-electron chi connectivity index (χ4n) is 2.51. The molecule has 124 valence electrons. The third-order valence-electron chi connectivity index (χ3n) is 3.82. The summed E-state index contributed by atoms with van der Waals surface area (Å²) in [5.41, 5.74) is 8.16. The molecule has 3 aromatic rings. The summed E-state index contributed by atoms with van der Waals surface area (Å²) in [6, 6.07) is 21.1. The topological polar surface area (TPSA) is 99.2 Å². The Bertz CT molecular complexity index is 919. The van der Waals surface area contributed by atoms with Gasteiger partial charge in [0.1, 0.15) is 11.6 Å². The summed E-state index contributed by atoms with van der Waals surface area (Å²) in [5.74, 6) is -0.511. The van der Waals surface area contributed by atoms with Crippen molar-refractivity contribution in [1.29, 1.82) is 5.41 Å². The van der Waals surface area contributed by atoms with E-state index in [4.69, 9.17) is 11.1 Å². The number of nitrogens with two attached hydrogens (primary N) is 1. The monoisotopic (exact) mass is 331 g/mol. The van der Waals surface area contributed by atoms with E-state index < -0.39 is 5.91 Å². The molecule has 0 radical (unpaired) electrons. The quantitative estimate of drug-likeness (QED) is 0.434. The van der Waals surface area contributed by atoms with E-state index in [1.54, 1.807) is 42.5 Å². The molecule has 0 fully saturated rings. The Balaban J connectivity index is 1.86. The van der Waals surface area contributed by atoms with Gasteiger partial charge in [-0.05, 0) is 35.9 Å². The van der Waals surface area contributed by atoms with E-state index in [2.05, 4.69) is 5.32 Å². The molecule has 5 heteroatoms. The third-order valence-corrected chi connectivity index (χ3v) is 3.82. The number of carbonyl (C=O) groups excluding carboxylic acids is 1. The van der Waals surface area contributed by atoms with E-state index in [0.29, 0.717) is 16.8 Å². The second kappa shape index (κ2) is 6.88. The van der Waals surface area contributed by atoms with Gasteiger partial charge in [-0.3, -0.25) is 10.2 Å². The number of carbonyl (C=O) groups is 1. The zero-order valence-corrected chi connectivity index (χ0v) is 13.4. The molecule has 0 saturated heterocycles. The molecule has 25 heavy (non-hydrogen) atoms. The van der Waals surface area contributed by atoms with Crippen molar-refractivity contribution < 1.29 is 9.90 Å². The van der Waals surface area contributed by atoms with Gasteiger partial charge in [0, 0.05) is 16.8 Å². The van der Waals surface area contributed by atoms with Crippen molar-refractivity contribution in [3.8, 4) is 16.9 Å². The molecule has 5 N–H and O–H groups in total. The van der Waals surface area contributed by atoms with E-state index in [0.717, 1.165) is 5.56 Å². The molecule has 0 bridgehead atoms. The van der Waals surface area contributed by atoms with Crippen LogP contribution in [0.5, 0.6) is 5.75 Å². The van der Waals surface area contributed by atoms with Gasteiger partial charge in [0.15, 0.2) is 0 Å². The molecule has 3 aromatic carbocycles. The number of benzene rings is 3. The van der Waals surface area contributed by atoms with Crippen LogP contribution in [0, 0.1) is 5.41 Å². The van der Waals surface area contributed by atoms with Gasteiger partial charge in [0.2, 0.25) is 0 Å². The molecule has 5 nitrogen and oxygen atoms in total. The van der Waals surface area contributed by atoms with E-state index in [9.17, 15) is 9.90 Å². The molecular formula is C20H17N3O2. The molecule has 0 saturated carbocycles. The standard InChI is InChI=1S/C20H17N3O2/c21-19(22)14-9-11-15(12-10-14)23-20(25)17-8-4-7-16(18(17)24)13-5-2-1-3-6-13/h1-12,24H,(H3,21,22)(H,23,25). The summed E-state index contributed by atoms with van der Waals surface area (Å²) < 4.78 is 0. The number of amidine groups is 1. The lowest BCUT2D eigenvalue weighted by atomic mass is 10.0. The van der Waals surface area contributed by atoms with Crippen LogP contribution in [0.15, 0.2) is 72.8 Å². The first-order valence-corrected chi connectivity index (χ1v) is 7.69. The average Bonchev–Trinajstić information content (AvgIpc) is 2.63. The SMILES string of the molecule is N=C(N)c1ccc(NC(=O)c2cccc(-c3ccccc3)c2O)cc1. The third kappa shape index (κ3) is 3.50. The van der Waals surface area contributed by atoms with Gasteiger partial charge in [-0.1, -0.05) is 42.5 Å². The molecule has 0 spiro atoms. The average molecular weight is 331 g/mol. The van der Waals surface area contributed by atoms with Crippen molar-refractivity contribution in [2.45, 2.75) is 0 Å². The normalized spacial score (nSPS) is 10.2. The molecule has 0 aliphatic heterocycles. The molecule has 0 atom stereocenters. The molecule has 3 rings (SSSR count). The molecule has 0 heterocycles. The maximum atomic E-state index is 12.5. The number of para-hydroxylation sites is 1. The lowest BCUT2D eigenvalue weighted by Gasteiger charge is -2.11. The molecule has 1 amide bonds. The maximum Gasteiger partial charge on any atom is 0.259 e. The summed E-state index contributed by atoms with van der Waals surface area (Å²) in [4.78, 5) is 12.5. The Morgan fingerprint density at radius 1 is 0.920 bits per heavy atom. The largest absolute Gasteiger partial charge is 0.506 e. The van der Waals surface area contributed by atoms with Crippen molar-refractivity contribution in [1.82, 2.24) is 0 Å². The molecule has 0 unspecified atom stereocenters. The first-order valence-electron chi connectivity index (χ1n) is 7.69. The van der Waals surface area contributed by atoms with Crippen LogP contribution in [0.2, 0.25) is 0 Å². The van der Waals surface area contributed by atoms with Gasteiger partial charge in [0.05, 0.1) is 5.56 Å². The minimum atomic E-state index is -0.411. The van der Waals surface area contributed by atoms with Crippen molar-refractivity contribution >= 4 is 17.4 Å². The van der Waals surface area contributed by atoms with Crippen molar-refractivity contribution in [3.05, 3.63) is 83.9 Å². The van der Waals surface area contributed by atoms with Gasteiger partial charge < -0.3 is 16.2 Å². The zero-order chi connectivity index (χ0) is 17.8. The van der Waals surface area contributed by atoms with Gasteiger partial charge in [0.25, 0.3) is 5.91 Å². The number of phenols is 1. The number of aromatic hydroxyl groups is 1. The molecule has 0 aromatic heterocycles. The van der Waals surface area contributed by atoms with E-state index in [-0.39, 0.29) is 17.1 Å². The van der Waals surface area contributed by atoms with Crippen LogP contribution in [-0.2, 0) is 0 Å². The van der Waals surface area contributed by atoms with Crippen molar-refractivity contribution in [3.63, 3.8) is 0 Å². The van der Waals surface area contributed by atoms with Crippen molar-refractivity contribution in [2.24, 2.45) is 5.73 Å². The number of nitrogen functional groups attached to an aromatic ring is 1. The smallest absolute Gasteiger partial charge is 0.259 e. The Hall–Kier alpha value is -3.60. The van der Waals surface area contributed by atoms with Crippen LogP contribution in [0.4, 0.5) is 5.69 Å².